The van der Waals surface area contributed by atoms with Crippen molar-refractivity contribution in [3.8, 4) is 28.3 Å². The highest BCUT2D eigenvalue weighted by Gasteiger charge is 2.35. The van der Waals surface area contributed by atoms with Crippen LogP contribution in [0.2, 0.25) is 0 Å². The van der Waals surface area contributed by atoms with E-state index >= 15 is 0 Å². The van der Waals surface area contributed by atoms with Crippen LogP contribution in [-0.4, -0.2) is 27.9 Å². The Kier molecular flexibility index (Phi) is 6.39. The molecule has 3 heterocycles. The maximum absolute atomic E-state index is 14.1. The summed E-state index contributed by atoms with van der Waals surface area (Å²) in [7, 11) is 0. The highest BCUT2D eigenvalue weighted by molar-refractivity contribution is 5.70. The van der Waals surface area contributed by atoms with Crippen LogP contribution < -0.4 is 10.5 Å². The van der Waals surface area contributed by atoms with Crippen LogP contribution in [0.1, 0.15) is 49.3 Å². The second kappa shape index (κ2) is 9.53. The Morgan fingerprint density at radius 2 is 1.73 bits per heavy atom. The van der Waals surface area contributed by atoms with Crippen LogP contribution in [0.4, 0.5) is 18.9 Å². The van der Waals surface area contributed by atoms with Crippen molar-refractivity contribution >= 4 is 5.69 Å². The van der Waals surface area contributed by atoms with Gasteiger partial charge in [0.15, 0.2) is 12.2 Å². The molecule has 0 N–H and O–H groups in total. The van der Waals surface area contributed by atoms with E-state index in [-0.39, 0.29) is 11.6 Å². The third-order valence-corrected chi connectivity index (χ3v) is 6.64. The van der Waals surface area contributed by atoms with Crippen LogP contribution in [0.25, 0.3) is 28.3 Å². The molecule has 1 aliphatic rings. The van der Waals surface area contributed by atoms with E-state index < -0.39 is 17.3 Å². The minimum Gasteiger partial charge on any atom is -0.444 e. The van der Waals surface area contributed by atoms with Gasteiger partial charge in [-0.15, -0.1) is 0 Å². The number of nitrogens with zero attached hydrogens (tertiary/aromatic N) is 4. The van der Waals surface area contributed by atoms with Gasteiger partial charge in [0.25, 0.3) is 5.56 Å². The minimum absolute atomic E-state index is 0.227. The molecule has 6 nitrogen and oxygen atoms in total. The Hall–Kier alpha value is -3.88. The van der Waals surface area contributed by atoms with Crippen molar-refractivity contribution in [2.75, 3.05) is 18.0 Å². The lowest BCUT2D eigenvalue weighted by molar-refractivity contribution is -0.137. The van der Waals surface area contributed by atoms with Crippen LogP contribution in [0.5, 0.6) is 0 Å². The average Bonchev–Trinajstić information content (AvgIpc) is 3.57. The van der Waals surface area contributed by atoms with Gasteiger partial charge in [0.05, 0.1) is 23.1 Å². The number of hydrogen-bond acceptors (Lipinski definition) is 5. The summed E-state index contributed by atoms with van der Waals surface area (Å²) < 4.78 is 48.8. The Morgan fingerprint density at radius 3 is 2.38 bits per heavy atom. The third kappa shape index (κ3) is 4.90. The van der Waals surface area contributed by atoms with Crippen molar-refractivity contribution in [1.82, 2.24) is 14.8 Å². The number of aryl methyl sites for hydroxylation is 1. The third-order valence-electron chi connectivity index (χ3n) is 6.64. The van der Waals surface area contributed by atoms with E-state index in [0.29, 0.717) is 28.3 Å². The van der Waals surface area contributed by atoms with Gasteiger partial charge in [-0.05, 0) is 73.7 Å². The maximum atomic E-state index is 14.1. The number of halogens is 3. The molecular weight excluding hydrogens is 481 g/mol. The molecule has 0 amide bonds. The molecule has 4 aromatic rings. The van der Waals surface area contributed by atoms with Gasteiger partial charge in [-0.25, -0.2) is 4.98 Å². The number of oxazole rings is 1. The monoisotopic (exact) mass is 508 g/mol. The first-order valence-electron chi connectivity index (χ1n) is 12.2. The standard InChI is InChI=1S/C28H27F3N4O2/c1-17(2)22-14-24(19-10-18(3)11-20(12-19)26-15-32-16-37-26)33-35(27(22)36)25-13-21(34-8-4-5-9-34)6-7-23(25)28(29,30)31/h6-7,10-17H,4-5,8-9H2,1-3H3. The van der Waals surface area contributed by atoms with Gasteiger partial charge >= 0.3 is 6.18 Å². The molecule has 0 bridgehead atoms. The Bertz CT molecular complexity index is 1480. The molecule has 0 spiro atoms. The van der Waals surface area contributed by atoms with Crippen LogP contribution in [-0.2, 0) is 6.18 Å². The summed E-state index contributed by atoms with van der Waals surface area (Å²) in [5.41, 5.74) is 2.01. The predicted molar refractivity (Wildman–Crippen MR) is 136 cm³/mol. The fraction of sp³-hybridized carbons (Fsp3) is 0.321. The lowest BCUT2D eigenvalue weighted by Crippen LogP contribution is -2.28. The SMILES string of the molecule is Cc1cc(-c2cc(C(C)C)c(=O)n(-c3cc(N4CCCC4)ccc3C(F)(F)F)n2)cc(-c2cnco2)c1. The zero-order chi connectivity index (χ0) is 26.3. The van der Waals surface area contributed by atoms with E-state index in [9.17, 15) is 18.0 Å². The molecule has 9 heteroatoms. The summed E-state index contributed by atoms with van der Waals surface area (Å²) in [5.74, 6) is 0.329. The summed E-state index contributed by atoms with van der Waals surface area (Å²) in [6.07, 6.45) is 0.214. The predicted octanol–water partition coefficient (Wildman–Crippen LogP) is 6.61. The van der Waals surface area contributed by atoms with E-state index in [4.69, 9.17) is 4.42 Å². The fourth-order valence-electron chi connectivity index (χ4n) is 4.77. The smallest absolute Gasteiger partial charge is 0.418 e. The van der Waals surface area contributed by atoms with Gasteiger partial charge in [0, 0.05) is 35.5 Å². The van der Waals surface area contributed by atoms with Crippen LogP contribution >= 0.6 is 0 Å². The number of hydrogen-bond donors (Lipinski definition) is 0. The number of benzene rings is 2. The van der Waals surface area contributed by atoms with Crippen molar-refractivity contribution in [3.05, 3.63) is 82.1 Å². The maximum Gasteiger partial charge on any atom is 0.418 e. The highest BCUT2D eigenvalue weighted by Crippen LogP contribution is 2.37. The molecule has 1 saturated heterocycles. The lowest BCUT2D eigenvalue weighted by Gasteiger charge is -2.22. The van der Waals surface area contributed by atoms with Crippen LogP contribution in [0.15, 0.2) is 64.3 Å². The van der Waals surface area contributed by atoms with Gasteiger partial charge in [-0.2, -0.15) is 23.0 Å². The van der Waals surface area contributed by atoms with Crippen molar-refractivity contribution in [2.45, 2.75) is 45.7 Å². The summed E-state index contributed by atoms with van der Waals surface area (Å²) in [5, 5.41) is 4.50. The van der Waals surface area contributed by atoms with E-state index in [1.807, 2.05) is 43.9 Å². The molecule has 1 aliphatic heterocycles. The number of aromatic nitrogens is 3. The molecule has 1 fully saturated rings. The van der Waals surface area contributed by atoms with E-state index in [1.165, 1.54) is 18.5 Å². The van der Waals surface area contributed by atoms with E-state index in [1.54, 1.807) is 12.3 Å². The first-order valence-corrected chi connectivity index (χ1v) is 12.2. The fourth-order valence-corrected chi connectivity index (χ4v) is 4.77. The minimum atomic E-state index is -4.66. The second-order valence-corrected chi connectivity index (χ2v) is 9.70. The van der Waals surface area contributed by atoms with E-state index in [0.717, 1.165) is 47.8 Å². The highest BCUT2D eigenvalue weighted by atomic mass is 19.4. The largest absolute Gasteiger partial charge is 0.444 e. The van der Waals surface area contributed by atoms with Crippen molar-refractivity contribution < 1.29 is 17.6 Å². The quantitative estimate of drug-likeness (QED) is 0.304. The molecule has 0 unspecified atom stereocenters. The molecule has 2 aromatic carbocycles. The van der Waals surface area contributed by atoms with Gasteiger partial charge in [-0.3, -0.25) is 4.79 Å². The van der Waals surface area contributed by atoms with Crippen molar-refractivity contribution in [3.63, 3.8) is 0 Å². The molecular formula is C28H27F3N4O2. The molecule has 0 aliphatic carbocycles. The average molecular weight is 509 g/mol. The van der Waals surface area contributed by atoms with Gasteiger partial charge in [0.1, 0.15) is 0 Å². The topological polar surface area (TPSA) is 64.2 Å². The van der Waals surface area contributed by atoms with Crippen molar-refractivity contribution in [1.29, 1.82) is 0 Å². The molecule has 0 radical (unpaired) electrons. The zero-order valence-electron chi connectivity index (χ0n) is 20.8. The second-order valence-electron chi connectivity index (χ2n) is 9.70. The summed E-state index contributed by atoms with van der Waals surface area (Å²) in [4.78, 5) is 19.5. The molecule has 2 aromatic heterocycles. The Morgan fingerprint density at radius 1 is 1.00 bits per heavy atom. The lowest BCUT2D eigenvalue weighted by atomic mass is 9.99. The molecule has 37 heavy (non-hydrogen) atoms. The van der Waals surface area contributed by atoms with Crippen LogP contribution in [0, 0.1) is 6.92 Å². The number of rotatable bonds is 5. The summed E-state index contributed by atoms with van der Waals surface area (Å²) >= 11 is 0. The first-order chi connectivity index (χ1) is 17.6. The number of anilines is 1. The van der Waals surface area contributed by atoms with Gasteiger partial charge in [-0.1, -0.05) is 13.8 Å². The van der Waals surface area contributed by atoms with Gasteiger partial charge in [0.2, 0.25) is 0 Å². The number of alkyl halides is 3. The van der Waals surface area contributed by atoms with Crippen LogP contribution in [0.3, 0.4) is 0 Å². The molecule has 0 atom stereocenters. The Balaban J connectivity index is 1.75. The summed E-state index contributed by atoms with van der Waals surface area (Å²) in [6, 6.07) is 11.3. The van der Waals surface area contributed by atoms with Gasteiger partial charge < -0.3 is 9.32 Å². The van der Waals surface area contributed by atoms with E-state index in [2.05, 4.69) is 10.1 Å². The molecule has 192 valence electrons. The summed E-state index contributed by atoms with van der Waals surface area (Å²) in [6.45, 7) is 7.11. The molecule has 5 rings (SSSR count). The Labute approximate surface area is 212 Å². The first kappa shape index (κ1) is 24.8. The zero-order valence-corrected chi connectivity index (χ0v) is 20.8. The molecule has 0 saturated carbocycles. The normalized spacial score (nSPS) is 14.1. The van der Waals surface area contributed by atoms with Crippen molar-refractivity contribution in [2.24, 2.45) is 0 Å².